The van der Waals surface area contributed by atoms with Crippen LogP contribution in [0.4, 0.5) is 4.39 Å². The standard InChI is InChI=1S/C17H25FN2O2S.C2H2O4/c18-15-7-9-17(10-8-15)23(21,22)20-13-11-19(12-14-20)16-5-3-1-2-4-6-16;3-1(4)2(5)6/h7-10,16H,1-6,11-14H2;(H,3,4)(H,5,6). The molecule has 162 valence electrons. The Labute approximate surface area is 170 Å². The summed E-state index contributed by atoms with van der Waals surface area (Å²) in [5, 5.41) is 14.8. The number of carboxylic acid groups (broad SMARTS) is 2. The molecule has 0 radical (unpaired) electrons. The van der Waals surface area contributed by atoms with Gasteiger partial charge in [-0.1, -0.05) is 25.7 Å². The number of nitrogens with zero attached hydrogens (tertiary/aromatic N) is 2. The van der Waals surface area contributed by atoms with Crippen LogP contribution in [0, 0.1) is 5.82 Å². The average molecular weight is 430 g/mol. The van der Waals surface area contributed by atoms with Gasteiger partial charge >= 0.3 is 11.9 Å². The molecule has 0 spiro atoms. The fraction of sp³-hybridized carbons (Fsp3) is 0.579. The van der Waals surface area contributed by atoms with Gasteiger partial charge in [-0.05, 0) is 37.1 Å². The zero-order valence-corrected chi connectivity index (χ0v) is 17.0. The summed E-state index contributed by atoms with van der Waals surface area (Å²) in [6.07, 6.45) is 7.72. The first kappa shape index (κ1) is 23.2. The molecule has 10 heteroatoms. The van der Waals surface area contributed by atoms with Crippen LogP contribution in [0.2, 0.25) is 0 Å². The smallest absolute Gasteiger partial charge is 0.414 e. The molecule has 8 nitrogen and oxygen atoms in total. The Morgan fingerprint density at radius 3 is 1.79 bits per heavy atom. The minimum atomic E-state index is -3.50. The van der Waals surface area contributed by atoms with Crippen molar-refractivity contribution in [1.82, 2.24) is 9.21 Å². The lowest BCUT2D eigenvalue weighted by molar-refractivity contribution is -0.159. The number of hydrogen-bond acceptors (Lipinski definition) is 5. The third-order valence-corrected chi connectivity index (χ3v) is 7.16. The second kappa shape index (κ2) is 10.7. The van der Waals surface area contributed by atoms with Crippen LogP contribution in [0.25, 0.3) is 0 Å². The van der Waals surface area contributed by atoms with E-state index >= 15 is 0 Å². The van der Waals surface area contributed by atoms with Crippen molar-refractivity contribution in [3.63, 3.8) is 0 Å². The van der Waals surface area contributed by atoms with Gasteiger partial charge < -0.3 is 10.2 Å². The lowest BCUT2D eigenvalue weighted by atomic mass is 10.1. The Balaban J connectivity index is 0.000000438. The Morgan fingerprint density at radius 2 is 1.34 bits per heavy atom. The summed E-state index contributed by atoms with van der Waals surface area (Å²) < 4.78 is 39.8. The molecule has 0 aromatic heterocycles. The van der Waals surface area contributed by atoms with Gasteiger partial charge in [0.05, 0.1) is 4.90 Å². The Morgan fingerprint density at radius 1 is 0.862 bits per heavy atom. The molecule has 1 aliphatic heterocycles. The van der Waals surface area contributed by atoms with E-state index in [0.717, 1.165) is 13.1 Å². The highest BCUT2D eigenvalue weighted by atomic mass is 32.2. The van der Waals surface area contributed by atoms with Crippen LogP contribution in [0.3, 0.4) is 0 Å². The molecule has 0 bridgehead atoms. The molecule has 1 saturated heterocycles. The van der Waals surface area contributed by atoms with Crippen LogP contribution in [0.1, 0.15) is 38.5 Å². The van der Waals surface area contributed by atoms with E-state index in [1.165, 1.54) is 67.1 Å². The lowest BCUT2D eigenvalue weighted by Gasteiger charge is -2.38. The maximum atomic E-state index is 13.0. The van der Waals surface area contributed by atoms with E-state index < -0.39 is 27.8 Å². The molecule has 2 fully saturated rings. The molecule has 2 N–H and O–H groups in total. The summed E-state index contributed by atoms with van der Waals surface area (Å²) >= 11 is 0. The number of piperazine rings is 1. The van der Waals surface area contributed by atoms with E-state index in [9.17, 15) is 12.8 Å². The van der Waals surface area contributed by atoms with Gasteiger partial charge in [0, 0.05) is 32.2 Å². The number of carboxylic acids is 2. The number of carbonyl (C=O) groups is 2. The van der Waals surface area contributed by atoms with E-state index in [0.29, 0.717) is 19.1 Å². The van der Waals surface area contributed by atoms with Crippen molar-refractivity contribution < 1.29 is 32.6 Å². The maximum absolute atomic E-state index is 13.0. The molecule has 1 aromatic rings. The van der Waals surface area contributed by atoms with Gasteiger partial charge in [0.25, 0.3) is 0 Å². The molecule has 1 saturated carbocycles. The van der Waals surface area contributed by atoms with Crippen LogP contribution in [-0.4, -0.2) is 72.0 Å². The van der Waals surface area contributed by atoms with Gasteiger partial charge in [-0.2, -0.15) is 4.31 Å². The molecule has 1 aliphatic carbocycles. The summed E-state index contributed by atoms with van der Waals surface area (Å²) in [6, 6.07) is 5.72. The van der Waals surface area contributed by atoms with Crippen LogP contribution >= 0.6 is 0 Å². The monoisotopic (exact) mass is 430 g/mol. The van der Waals surface area contributed by atoms with Crippen LogP contribution in [0.15, 0.2) is 29.2 Å². The van der Waals surface area contributed by atoms with Crippen LogP contribution < -0.4 is 0 Å². The zero-order chi connectivity index (χ0) is 21.4. The maximum Gasteiger partial charge on any atom is 0.414 e. The Kier molecular flexibility index (Phi) is 8.54. The predicted octanol–water partition coefficient (Wildman–Crippen LogP) is 2.01. The Hall–Kier alpha value is -2.04. The first-order valence-electron chi connectivity index (χ1n) is 9.68. The molecule has 2 aliphatic rings. The molecule has 0 unspecified atom stereocenters. The molecule has 29 heavy (non-hydrogen) atoms. The molecule has 0 atom stereocenters. The molecule has 0 amide bonds. The number of sulfonamides is 1. The van der Waals surface area contributed by atoms with E-state index in [-0.39, 0.29) is 4.90 Å². The summed E-state index contributed by atoms with van der Waals surface area (Å²) in [4.78, 5) is 20.8. The second-order valence-electron chi connectivity index (χ2n) is 7.15. The quantitative estimate of drug-likeness (QED) is 0.557. The minimum absolute atomic E-state index is 0.182. The van der Waals surface area contributed by atoms with Gasteiger partial charge in [-0.3, -0.25) is 4.90 Å². The normalized spacial score (nSPS) is 19.6. The largest absolute Gasteiger partial charge is 0.473 e. The predicted molar refractivity (Wildman–Crippen MR) is 103 cm³/mol. The first-order chi connectivity index (χ1) is 13.7. The van der Waals surface area contributed by atoms with Gasteiger partial charge in [-0.15, -0.1) is 0 Å². The number of hydrogen-bond donors (Lipinski definition) is 2. The van der Waals surface area contributed by atoms with Crippen molar-refractivity contribution in [1.29, 1.82) is 0 Å². The van der Waals surface area contributed by atoms with Crippen molar-refractivity contribution in [2.45, 2.75) is 49.5 Å². The van der Waals surface area contributed by atoms with E-state index in [2.05, 4.69) is 4.90 Å². The molecule has 1 aromatic carbocycles. The fourth-order valence-electron chi connectivity index (χ4n) is 3.69. The first-order valence-corrected chi connectivity index (χ1v) is 11.1. The van der Waals surface area contributed by atoms with Crippen LogP contribution in [0.5, 0.6) is 0 Å². The van der Waals surface area contributed by atoms with E-state index in [4.69, 9.17) is 19.8 Å². The summed E-state index contributed by atoms with van der Waals surface area (Å²) in [7, 11) is -3.50. The number of halogens is 1. The highest BCUT2D eigenvalue weighted by Crippen LogP contribution is 2.24. The molecule has 1 heterocycles. The van der Waals surface area contributed by atoms with Gasteiger partial charge in [-0.25, -0.2) is 22.4 Å². The summed E-state index contributed by atoms with van der Waals surface area (Å²) in [5.41, 5.74) is 0. The van der Waals surface area contributed by atoms with Gasteiger partial charge in [0.1, 0.15) is 5.82 Å². The third kappa shape index (κ3) is 6.76. The minimum Gasteiger partial charge on any atom is -0.473 e. The van der Waals surface area contributed by atoms with E-state index in [1.807, 2.05) is 0 Å². The van der Waals surface area contributed by atoms with Crippen molar-refractivity contribution in [3.05, 3.63) is 30.1 Å². The molecular weight excluding hydrogens is 403 g/mol. The number of benzene rings is 1. The fourth-order valence-corrected chi connectivity index (χ4v) is 5.11. The highest BCUT2D eigenvalue weighted by molar-refractivity contribution is 7.89. The zero-order valence-electron chi connectivity index (χ0n) is 16.2. The van der Waals surface area contributed by atoms with E-state index in [1.54, 1.807) is 0 Å². The molecular formula is C19H27FN2O6S. The lowest BCUT2D eigenvalue weighted by Crippen LogP contribution is -2.51. The van der Waals surface area contributed by atoms with Crippen molar-refractivity contribution in [2.75, 3.05) is 26.2 Å². The van der Waals surface area contributed by atoms with Gasteiger partial charge in [0.2, 0.25) is 10.0 Å². The summed E-state index contributed by atoms with van der Waals surface area (Å²) in [5.74, 6) is -4.06. The number of aliphatic carboxylic acids is 2. The highest BCUT2D eigenvalue weighted by Gasteiger charge is 2.31. The topological polar surface area (TPSA) is 115 Å². The second-order valence-corrected chi connectivity index (χ2v) is 9.09. The Bertz CT molecular complexity index is 771. The van der Waals surface area contributed by atoms with Gasteiger partial charge in [0.15, 0.2) is 0 Å². The van der Waals surface area contributed by atoms with Crippen LogP contribution in [-0.2, 0) is 19.6 Å². The number of rotatable bonds is 3. The van der Waals surface area contributed by atoms with Crippen molar-refractivity contribution in [3.8, 4) is 0 Å². The average Bonchev–Trinajstić information content (AvgIpc) is 2.98. The SMILES string of the molecule is O=C(O)C(=O)O.O=S(=O)(c1ccc(F)cc1)N1CCN(C2CCCCCC2)CC1. The summed E-state index contributed by atoms with van der Waals surface area (Å²) in [6.45, 7) is 2.64. The van der Waals surface area contributed by atoms with Crippen molar-refractivity contribution in [2.24, 2.45) is 0 Å². The third-order valence-electron chi connectivity index (χ3n) is 5.25. The molecule has 3 rings (SSSR count). The van der Waals surface area contributed by atoms with Crippen molar-refractivity contribution >= 4 is 22.0 Å².